The minimum Gasteiger partial charge on any atom is -0.378 e. The molecule has 2 aromatic heterocycles. The molecule has 2 aliphatic rings. The number of fused-ring (bicyclic) bond motifs is 1. The third-order valence-corrected chi connectivity index (χ3v) is 9.21. The van der Waals surface area contributed by atoms with Crippen LogP contribution in [0, 0.1) is 5.82 Å². The van der Waals surface area contributed by atoms with E-state index in [4.69, 9.17) is 21.4 Å². The smallest absolute Gasteiger partial charge is 0.242 e. The maximum atomic E-state index is 13.9. The van der Waals surface area contributed by atoms with Crippen LogP contribution in [0.4, 0.5) is 10.2 Å². The molecule has 1 fully saturated rings. The van der Waals surface area contributed by atoms with Crippen LogP contribution in [-0.2, 0) is 14.3 Å². The number of halogens is 2. The molecule has 39 heavy (non-hydrogen) atoms. The van der Waals surface area contributed by atoms with Crippen LogP contribution >= 0.6 is 34.7 Å². The number of amides is 2. The standard InChI is InChI=1S/C28H24ClFN4O3S2/c29-20-4-1-2-5-21(20)34-28-25(26(31-34)22-6-3-15-38-22)27(18-7-9-19(30)10-8-18)39-17-24(36)33(28)16-23(35)32-11-13-37-14-12-32/h1-10,15,27H,11-14,16-17H2. The molecule has 2 aromatic carbocycles. The number of aromatic nitrogens is 2. The molecule has 0 radical (unpaired) electrons. The highest BCUT2D eigenvalue weighted by molar-refractivity contribution is 8.00. The van der Waals surface area contributed by atoms with Crippen molar-refractivity contribution in [1.29, 1.82) is 0 Å². The first-order valence-corrected chi connectivity index (χ1v) is 14.8. The Morgan fingerprint density at radius 3 is 2.56 bits per heavy atom. The van der Waals surface area contributed by atoms with E-state index in [1.54, 1.807) is 27.8 Å². The second kappa shape index (κ2) is 11.1. The summed E-state index contributed by atoms with van der Waals surface area (Å²) < 4.78 is 21.0. The van der Waals surface area contributed by atoms with Crippen molar-refractivity contribution in [3.63, 3.8) is 0 Å². The predicted octanol–water partition coefficient (Wildman–Crippen LogP) is 5.42. The van der Waals surface area contributed by atoms with Crippen molar-refractivity contribution in [2.75, 3.05) is 43.5 Å². The van der Waals surface area contributed by atoms with E-state index in [0.29, 0.717) is 48.5 Å². The van der Waals surface area contributed by atoms with Crippen molar-refractivity contribution < 1.29 is 18.7 Å². The van der Waals surface area contributed by atoms with Gasteiger partial charge in [0.25, 0.3) is 0 Å². The SMILES string of the molecule is O=C(CN1C(=O)CSC(c2ccc(F)cc2)c2c(-c3cccs3)nn(-c3ccccc3Cl)c21)N1CCOCC1. The zero-order valence-corrected chi connectivity index (χ0v) is 23.1. The Morgan fingerprint density at radius 1 is 1.08 bits per heavy atom. The van der Waals surface area contributed by atoms with Crippen molar-refractivity contribution in [2.45, 2.75) is 5.25 Å². The summed E-state index contributed by atoms with van der Waals surface area (Å²) >= 11 is 9.64. The third-order valence-electron chi connectivity index (χ3n) is 6.75. The van der Waals surface area contributed by atoms with Crippen LogP contribution in [0.1, 0.15) is 16.4 Å². The largest absolute Gasteiger partial charge is 0.378 e. The minimum atomic E-state index is -0.336. The summed E-state index contributed by atoms with van der Waals surface area (Å²) in [5, 5.41) is 7.12. The van der Waals surface area contributed by atoms with Crippen LogP contribution in [0.25, 0.3) is 16.3 Å². The quantitative estimate of drug-likeness (QED) is 0.314. The average molecular weight is 583 g/mol. The Kier molecular flexibility index (Phi) is 7.44. The number of thioether (sulfide) groups is 1. The highest BCUT2D eigenvalue weighted by Gasteiger charge is 2.38. The molecule has 2 amide bonds. The number of para-hydroxylation sites is 1. The Labute approximate surface area is 238 Å². The summed E-state index contributed by atoms with van der Waals surface area (Å²) in [6, 6.07) is 17.5. The predicted molar refractivity (Wildman–Crippen MR) is 152 cm³/mol. The summed E-state index contributed by atoms with van der Waals surface area (Å²) in [6.07, 6.45) is 0. The Bertz CT molecular complexity index is 1500. The van der Waals surface area contributed by atoms with Crippen LogP contribution < -0.4 is 4.90 Å². The van der Waals surface area contributed by atoms with Gasteiger partial charge in [0.05, 0.1) is 39.8 Å². The number of carbonyl (C=O) groups excluding carboxylic acids is 2. The molecule has 2 aliphatic heterocycles. The van der Waals surface area contributed by atoms with Crippen molar-refractivity contribution >= 4 is 52.3 Å². The highest BCUT2D eigenvalue weighted by Crippen LogP contribution is 2.49. The van der Waals surface area contributed by atoms with E-state index in [1.807, 2.05) is 35.7 Å². The number of morpholine rings is 1. The van der Waals surface area contributed by atoms with Gasteiger partial charge in [0.1, 0.15) is 23.9 Å². The van der Waals surface area contributed by atoms with Crippen molar-refractivity contribution in [3.8, 4) is 16.3 Å². The monoisotopic (exact) mass is 582 g/mol. The second-order valence-electron chi connectivity index (χ2n) is 9.14. The topological polar surface area (TPSA) is 67.7 Å². The zero-order valence-electron chi connectivity index (χ0n) is 20.8. The third kappa shape index (κ3) is 5.09. The van der Waals surface area contributed by atoms with E-state index in [-0.39, 0.29) is 35.2 Å². The molecule has 6 rings (SSSR count). The van der Waals surface area contributed by atoms with E-state index < -0.39 is 0 Å². The first-order chi connectivity index (χ1) is 19.0. The van der Waals surface area contributed by atoms with Gasteiger partial charge in [-0.05, 0) is 41.3 Å². The fourth-order valence-corrected chi connectivity index (χ4v) is 6.99. The summed E-state index contributed by atoms with van der Waals surface area (Å²) in [7, 11) is 0. The van der Waals surface area contributed by atoms with Crippen molar-refractivity contribution in [2.24, 2.45) is 0 Å². The number of hydrogen-bond acceptors (Lipinski definition) is 6. The lowest BCUT2D eigenvalue weighted by Crippen LogP contribution is -2.48. The van der Waals surface area contributed by atoms with Gasteiger partial charge in [-0.2, -0.15) is 5.10 Å². The maximum absolute atomic E-state index is 13.9. The molecule has 0 N–H and O–H groups in total. The van der Waals surface area contributed by atoms with E-state index in [1.165, 1.54) is 40.1 Å². The molecule has 1 saturated heterocycles. The first kappa shape index (κ1) is 26.1. The minimum absolute atomic E-state index is 0.136. The lowest BCUT2D eigenvalue weighted by atomic mass is 10.0. The van der Waals surface area contributed by atoms with Gasteiger partial charge < -0.3 is 9.64 Å². The molecule has 0 spiro atoms. The summed E-state index contributed by atoms with van der Waals surface area (Å²) in [4.78, 5) is 31.4. The zero-order chi connectivity index (χ0) is 26.9. The molecule has 4 aromatic rings. The highest BCUT2D eigenvalue weighted by atomic mass is 35.5. The van der Waals surface area contributed by atoms with Gasteiger partial charge in [-0.3, -0.25) is 14.5 Å². The van der Waals surface area contributed by atoms with Gasteiger partial charge in [0, 0.05) is 18.7 Å². The van der Waals surface area contributed by atoms with Crippen LogP contribution in [-0.4, -0.2) is 65.1 Å². The van der Waals surface area contributed by atoms with Crippen LogP contribution in [0.3, 0.4) is 0 Å². The molecule has 11 heteroatoms. The van der Waals surface area contributed by atoms with E-state index in [0.717, 1.165) is 16.0 Å². The van der Waals surface area contributed by atoms with Crippen LogP contribution in [0.2, 0.25) is 5.02 Å². The number of benzene rings is 2. The molecule has 0 aliphatic carbocycles. The molecule has 7 nitrogen and oxygen atoms in total. The number of carbonyl (C=O) groups is 2. The number of anilines is 1. The summed E-state index contributed by atoms with van der Waals surface area (Å²) in [5.41, 5.74) is 2.92. The lowest BCUT2D eigenvalue weighted by molar-refractivity contribution is -0.134. The number of rotatable bonds is 5. The summed E-state index contributed by atoms with van der Waals surface area (Å²) in [5.74, 6) is -0.0700. The summed E-state index contributed by atoms with van der Waals surface area (Å²) in [6.45, 7) is 1.75. The molecular weight excluding hydrogens is 559 g/mol. The lowest BCUT2D eigenvalue weighted by Gasteiger charge is -2.30. The fourth-order valence-electron chi connectivity index (χ4n) is 4.85. The molecule has 4 heterocycles. The number of ether oxygens (including phenoxy) is 1. The molecule has 0 bridgehead atoms. The normalized spacial score (nSPS) is 17.7. The Balaban J connectivity index is 1.58. The first-order valence-electron chi connectivity index (χ1n) is 12.5. The van der Waals surface area contributed by atoms with Gasteiger partial charge in [-0.1, -0.05) is 41.9 Å². The molecular formula is C28H24ClFN4O3S2. The number of hydrogen-bond donors (Lipinski definition) is 0. The fraction of sp³-hybridized carbons (Fsp3) is 0.250. The van der Waals surface area contributed by atoms with Crippen molar-refractivity contribution in [3.05, 3.63) is 88.0 Å². The van der Waals surface area contributed by atoms with Gasteiger partial charge in [0.2, 0.25) is 11.8 Å². The molecule has 0 saturated carbocycles. The number of thiophene rings is 1. The molecule has 1 atom stereocenters. The van der Waals surface area contributed by atoms with E-state index >= 15 is 0 Å². The average Bonchev–Trinajstić information content (AvgIpc) is 3.59. The Hall–Kier alpha value is -3.18. The maximum Gasteiger partial charge on any atom is 0.242 e. The van der Waals surface area contributed by atoms with Crippen LogP contribution in [0.5, 0.6) is 0 Å². The van der Waals surface area contributed by atoms with Crippen LogP contribution in [0.15, 0.2) is 66.0 Å². The Morgan fingerprint density at radius 2 is 1.85 bits per heavy atom. The van der Waals surface area contributed by atoms with Gasteiger partial charge in [-0.15, -0.1) is 23.1 Å². The molecule has 200 valence electrons. The van der Waals surface area contributed by atoms with Gasteiger partial charge in [0.15, 0.2) is 0 Å². The number of nitrogens with zero attached hydrogens (tertiary/aromatic N) is 4. The van der Waals surface area contributed by atoms with Gasteiger partial charge >= 0.3 is 0 Å². The molecule has 1 unspecified atom stereocenters. The van der Waals surface area contributed by atoms with E-state index in [2.05, 4.69) is 0 Å². The van der Waals surface area contributed by atoms with Gasteiger partial charge in [-0.25, -0.2) is 9.07 Å². The second-order valence-corrected chi connectivity index (χ2v) is 11.6. The van der Waals surface area contributed by atoms with E-state index in [9.17, 15) is 14.0 Å². The van der Waals surface area contributed by atoms with Crippen molar-refractivity contribution in [1.82, 2.24) is 14.7 Å².